The minimum atomic E-state index is 0.196. The summed E-state index contributed by atoms with van der Waals surface area (Å²) in [7, 11) is 0. The van der Waals surface area contributed by atoms with Crippen LogP contribution in [0.2, 0.25) is 0 Å². The molecule has 0 unspecified atom stereocenters. The number of rotatable bonds is 3. The molecule has 1 aliphatic rings. The van der Waals surface area contributed by atoms with Crippen molar-refractivity contribution in [3.05, 3.63) is 61.3 Å². The quantitative estimate of drug-likeness (QED) is 0.564. The van der Waals surface area contributed by atoms with Crippen LogP contribution in [0.3, 0.4) is 0 Å². The lowest BCUT2D eigenvalue weighted by molar-refractivity contribution is -0.117. The summed E-state index contributed by atoms with van der Waals surface area (Å²) in [6.45, 7) is 0.798. The van der Waals surface area contributed by atoms with Gasteiger partial charge in [0, 0.05) is 48.4 Å². The van der Waals surface area contributed by atoms with Crippen molar-refractivity contribution < 1.29 is 4.79 Å². The lowest BCUT2D eigenvalue weighted by Crippen LogP contribution is -2.23. The Hall–Kier alpha value is -3.61. The van der Waals surface area contributed by atoms with Crippen LogP contribution in [-0.2, 0) is 4.79 Å². The molecular weight excluding hydrogens is 340 g/mol. The number of carbonyl (C=O) groups is 1. The van der Waals surface area contributed by atoms with Crippen LogP contribution in [0.15, 0.2) is 61.3 Å². The number of carbonyl (C=O) groups excluding carboxylic acids is 1. The van der Waals surface area contributed by atoms with Crippen molar-refractivity contribution >= 4 is 17.4 Å². The fraction of sp³-hybridized carbons (Fsp3) is 0.150. The van der Waals surface area contributed by atoms with E-state index in [1.54, 1.807) is 12.5 Å². The van der Waals surface area contributed by atoms with E-state index in [9.17, 15) is 4.79 Å². The zero-order valence-electron chi connectivity index (χ0n) is 14.5. The highest BCUT2D eigenvalue weighted by atomic mass is 16.2. The van der Waals surface area contributed by atoms with Crippen LogP contribution in [0.5, 0.6) is 0 Å². The molecule has 0 spiro atoms. The summed E-state index contributed by atoms with van der Waals surface area (Å²) in [5.41, 5.74) is 4.89. The van der Waals surface area contributed by atoms with Crippen molar-refractivity contribution in [2.24, 2.45) is 0 Å². The molecule has 0 radical (unpaired) electrons. The number of hydrogen-bond donors (Lipinski definition) is 0. The van der Waals surface area contributed by atoms with Crippen molar-refractivity contribution in [3.8, 4) is 22.4 Å². The van der Waals surface area contributed by atoms with Gasteiger partial charge in [-0.25, -0.2) is 4.98 Å². The van der Waals surface area contributed by atoms with Crippen LogP contribution in [0, 0.1) is 0 Å². The Balaban J connectivity index is 1.50. The van der Waals surface area contributed by atoms with Crippen molar-refractivity contribution in [2.75, 3.05) is 11.4 Å². The first-order valence-electron chi connectivity index (χ1n) is 8.80. The SMILES string of the molecule is O=C1CCCN1c1ccc(-c2cncc(-c3ccnc4nncn34)c2)cc1. The molecule has 7 heteroatoms. The summed E-state index contributed by atoms with van der Waals surface area (Å²) < 4.78 is 1.84. The highest BCUT2D eigenvalue weighted by molar-refractivity contribution is 5.95. The topological polar surface area (TPSA) is 76.3 Å². The number of amides is 1. The lowest BCUT2D eigenvalue weighted by atomic mass is 10.0. The Morgan fingerprint density at radius 3 is 2.63 bits per heavy atom. The van der Waals surface area contributed by atoms with Gasteiger partial charge in [-0.15, -0.1) is 10.2 Å². The largest absolute Gasteiger partial charge is 0.312 e. The number of anilines is 1. The van der Waals surface area contributed by atoms with Crippen LogP contribution in [0.4, 0.5) is 5.69 Å². The molecule has 0 atom stereocenters. The Kier molecular flexibility index (Phi) is 3.64. The monoisotopic (exact) mass is 356 g/mol. The third kappa shape index (κ3) is 2.73. The maximum atomic E-state index is 11.9. The molecule has 4 aromatic rings. The maximum Gasteiger partial charge on any atom is 0.255 e. The van der Waals surface area contributed by atoms with Gasteiger partial charge >= 0.3 is 0 Å². The van der Waals surface area contributed by atoms with Crippen molar-refractivity contribution in [1.29, 1.82) is 0 Å². The van der Waals surface area contributed by atoms with Gasteiger partial charge in [0.15, 0.2) is 0 Å². The zero-order valence-corrected chi connectivity index (χ0v) is 14.5. The van der Waals surface area contributed by atoms with Crippen LogP contribution in [0.1, 0.15) is 12.8 Å². The normalized spacial score (nSPS) is 14.2. The van der Waals surface area contributed by atoms with E-state index in [0.29, 0.717) is 12.2 Å². The minimum Gasteiger partial charge on any atom is -0.312 e. The molecule has 132 valence electrons. The average molecular weight is 356 g/mol. The van der Waals surface area contributed by atoms with E-state index in [-0.39, 0.29) is 5.91 Å². The number of aromatic nitrogens is 5. The van der Waals surface area contributed by atoms with Gasteiger partial charge in [0.1, 0.15) is 6.33 Å². The number of hydrogen-bond acceptors (Lipinski definition) is 5. The van der Waals surface area contributed by atoms with Gasteiger partial charge in [-0.3, -0.25) is 14.2 Å². The van der Waals surface area contributed by atoms with Crippen molar-refractivity contribution in [1.82, 2.24) is 24.6 Å². The molecule has 1 amide bonds. The second-order valence-corrected chi connectivity index (χ2v) is 6.49. The van der Waals surface area contributed by atoms with Crippen LogP contribution in [0.25, 0.3) is 28.2 Å². The van der Waals surface area contributed by atoms with Crippen molar-refractivity contribution in [3.63, 3.8) is 0 Å². The predicted molar refractivity (Wildman–Crippen MR) is 101 cm³/mol. The van der Waals surface area contributed by atoms with E-state index >= 15 is 0 Å². The Morgan fingerprint density at radius 1 is 0.963 bits per heavy atom. The molecule has 1 aliphatic heterocycles. The Labute approximate surface area is 155 Å². The third-order valence-corrected chi connectivity index (χ3v) is 4.83. The summed E-state index contributed by atoms with van der Waals surface area (Å²) in [6, 6.07) is 12.0. The van der Waals surface area contributed by atoms with Crippen LogP contribution < -0.4 is 4.90 Å². The molecule has 4 heterocycles. The van der Waals surface area contributed by atoms with E-state index in [2.05, 4.69) is 26.2 Å². The van der Waals surface area contributed by atoms with E-state index in [4.69, 9.17) is 0 Å². The standard InChI is InChI=1S/C20H16N6O/c27-19-2-1-9-25(19)17-5-3-14(4-6-17)15-10-16(12-21-11-15)18-7-8-22-20-24-23-13-26(18)20/h3-8,10-13H,1-2,9H2. The molecule has 0 aliphatic carbocycles. The van der Waals surface area contributed by atoms with Crippen molar-refractivity contribution in [2.45, 2.75) is 12.8 Å². The third-order valence-electron chi connectivity index (χ3n) is 4.83. The fourth-order valence-corrected chi connectivity index (χ4v) is 3.47. The molecular formula is C20H16N6O. The number of benzene rings is 1. The minimum absolute atomic E-state index is 0.196. The molecule has 1 saturated heterocycles. The van der Waals surface area contributed by atoms with Gasteiger partial charge in [0.2, 0.25) is 5.91 Å². The molecule has 7 nitrogen and oxygen atoms in total. The van der Waals surface area contributed by atoms with E-state index in [1.165, 1.54) is 0 Å². The smallest absolute Gasteiger partial charge is 0.255 e. The molecule has 1 fully saturated rings. The summed E-state index contributed by atoms with van der Waals surface area (Å²) in [4.78, 5) is 22.4. The number of fused-ring (bicyclic) bond motifs is 1. The van der Waals surface area contributed by atoms with Crippen LogP contribution in [-0.4, -0.2) is 37.0 Å². The van der Waals surface area contributed by atoms with Gasteiger partial charge in [-0.2, -0.15) is 0 Å². The maximum absolute atomic E-state index is 11.9. The highest BCUT2D eigenvalue weighted by Crippen LogP contribution is 2.28. The predicted octanol–water partition coefficient (Wildman–Crippen LogP) is 2.98. The first-order chi connectivity index (χ1) is 13.3. The lowest BCUT2D eigenvalue weighted by Gasteiger charge is -2.16. The summed E-state index contributed by atoms with van der Waals surface area (Å²) in [5, 5.41) is 7.91. The van der Waals surface area contributed by atoms with E-state index < -0.39 is 0 Å². The van der Waals surface area contributed by atoms with E-state index in [0.717, 1.165) is 41.0 Å². The summed E-state index contributed by atoms with van der Waals surface area (Å²) in [6.07, 6.45) is 8.58. The van der Waals surface area contributed by atoms with Gasteiger partial charge in [-0.05, 0) is 36.2 Å². The van der Waals surface area contributed by atoms with E-state index in [1.807, 2.05) is 52.0 Å². The Bertz CT molecular complexity index is 1130. The highest BCUT2D eigenvalue weighted by Gasteiger charge is 2.21. The number of nitrogens with zero attached hydrogens (tertiary/aromatic N) is 6. The van der Waals surface area contributed by atoms with Gasteiger partial charge in [0.25, 0.3) is 5.78 Å². The summed E-state index contributed by atoms with van der Waals surface area (Å²) in [5.74, 6) is 0.750. The molecule has 0 N–H and O–H groups in total. The van der Waals surface area contributed by atoms with Gasteiger partial charge in [0.05, 0.1) is 5.69 Å². The fourth-order valence-electron chi connectivity index (χ4n) is 3.47. The van der Waals surface area contributed by atoms with Crippen LogP contribution >= 0.6 is 0 Å². The second kappa shape index (κ2) is 6.28. The first-order valence-corrected chi connectivity index (χ1v) is 8.80. The average Bonchev–Trinajstić information content (AvgIpc) is 3.37. The molecule has 5 rings (SSSR count). The molecule has 3 aromatic heterocycles. The summed E-state index contributed by atoms with van der Waals surface area (Å²) >= 11 is 0. The van der Waals surface area contributed by atoms with Gasteiger partial charge < -0.3 is 4.90 Å². The Morgan fingerprint density at radius 2 is 1.81 bits per heavy atom. The second-order valence-electron chi connectivity index (χ2n) is 6.49. The first kappa shape index (κ1) is 15.6. The molecule has 27 heavy (non-hydrogen) atoms. The molecule has 0 saturated carbocycles. The molecule has 0 bridgehead atoms. The van der Waals surface area contributed by atoms with Gasteiger partial charge in [-0.1, -0.05) is 12.1 Å². The molecule has 1 aromatic carbocycles. The number of pyridine rings is 1. The zero-order chi connectivity index (χ0) is 18.2.